The van der Waals surface area contributed by atoms with Crippen molar-refractivity contribution in [2.24, 2.45) is 5.92 Å². The van der Waals surface area contributed by atoms with E-state index in [0.29, 0.717) is 25.4 Å². The molecule has 1 atom stereocenters. The van der Waals surface area contributed by atoms with Gasteiger partial charge in [-0.1, -0.05) is 24.3 Å². The third-order valence-electron chi connectivity index (χ3n) is 4.56. The Bertz CT molecular complexity index is 643. The van der Waals surface area contributed by atoms with E-state index in [4.69, 9.17) is 0 Å². The van der Waals surface area contributed by atoms with Crippen molar-refractivity contribution in [2.75, 3.05) is 13.1 Å². The highest BCUT2D eigenvalue weighted by Crippen LogP contribution is 2.17. The van der Waals surface area contributed by atoms with E-state index in [1.807, 2.05) is 12.1 Å². The van der Waals surface area contributed by atoms with Crippen LogP contribution in [0.4, 0.5) is 0 Å². The molecule has 0 aliphatic carbocycles. The zero-order valence-corrected chi connectivity index (χ0v) is 16.4. The monoisotopic (exact) mass is 399 g/mol. The summed E-state index contributed by atoms with van der Waals surface area (Å²) in [6.45, 7) is 3.33. The zero-order chi connectivity index (χ0) is 16.6. The summed E-state index contributed by atoms with van der Waals surface area (Å²) >= 11 is 0. The Labute approximate surface area is 167 Å². The first-order chi connectivity index (χ1) is 11.8. The number of nitrogens with one attached hydrogen (secondary N) is 2. The third kappa shape index (κ3) is 6.94. The summed E-state index contributed by atoms with van der Waals surface area (Å²) in [6.07, 6.45) is 7.27. The fourth-order valence-electron chi connectivity index (χ4n) is 3.20. The Morgan fingerprint density at radius 2 is 2.00 bits per heavy atom. The van der Waals surface area contributed by atoms with Gasteiger partial charge in [-0.05, 0) is 49.4 Å². The lowest BCUT2D eigenvalue weighted by molar-refractivity contribution is -0.122. The Hall–Kier alpha value is -1.63. The summed E-state index contributed by atoms with van der Waals surface area (Å²) in [6, 6.07) is 8.14. The van der Waals surface area contributed by atoms with Crippen molar-refractivity contribution < 1.29 is 4.79 Å². The van der Waals surface area contributed by atoms with Gasteiger partial charge in [0, 0.05) is 13.0 Å². The van der Waals surface area contributed by atoms with Crippen LogP contribution in [0.5, 0.6) is 0 Å². The van der Waals surface area contributed by atoms with Crippen molar-refractivity contribution in [3.8, 4) is 0 Å². The predicted molar refractivity (Wildman–Crippen MR) is 107 cm³/mol. The van der Waals surface area contributed by atoms with Gasteiger partial charge in [-0.15, -0.1) is 24.8 Å². The third-order valence-corrected chi connectivity index (χ3v) is 4.56. The van der Waals surface area contributed by atoms with Crippen molar-refractivity contribution >= 4 is 30.7 Å². The van der Waals surface area contributed by atoms with Crippen molar-refractivity contribution in [2.45, 2.75) is 38.8 Å². The normalized spacial score (nSPS) is 16.7. The van der Waals surface area contributed by atoms with Crippen LogP contribution < -0.4 is 10.6 Å². The molecule has 0 spiro atoms. The van der Waals surface area contributed by atoms with E-state index in [1.165, 1.54) is 12.7 Å². The van der Waals surface area contributed by atoms with Gasteiger partial charge in [-0.25, -0.2) is 9.67 Å². The molecule has 8 heteroatoms. The molecule has 3 rings (SSSR count). The molecule has 1 aliphatic rings. The molecule has 0 bridgehead atoms. The fraction of sp³-hybridized carbons (Fsp3) is 0.500. The molecule has 1 unspecified atom stereocenters. The molecule has 1 fully saturated rings. The molecule has 26 heavy (non-hydrogen) atoms. The Balaban J connectivity index is 0.00000169. The van der Waals surface area contributed by atoms with Crippen LogP contribution >= 0.6 is 24.8 Å². The molecule has 2 heterocycles. The van der Waals surface area contributed by atoms with Crippen molar-refractivity contribution in [3.05, 3.63) is 48.0 Å². The van der Waals surface area contributed by atoms with Crippen LogP contribution in [0.15, 0.2) is 36.9 Å². The van der Waals surface area contributed by atoms with E-state index >= 15 is 0 Å². The van der Waals surface area contributed by atoms with Crippen LogP contribution in [-0.2, 0) is 17.9 Å². The largest absolute Gasteiger partial charge is 0.352 e. The summed E-state index contributed by atoms with van der Waals surface area (Å²) in [7, 11) is 0. The summed E-state index contributed by atoms with van der Waals surface area (Å²) in [5, 5.41) is 10.6. The van der Waals surface area contributed by atoms with Gasteiger partial charge in [0.2, 0.25) is 5.91 Å². The van der Waals surface area contributed by atoms with Crippen molar-refractivity contribution in [1.82, 2.24) is 25.4 Å². The predicted octanol–water partition coefficient (Wildman–Crippen LogP) is 2.57. The van der Waals surface area contributed by atoms with Gasteiger partial charge in [0.05, 0.1) is 6.54 Å². The first-order valence-corrected chi connectivity index (χ1v) is 8.68. The van der Waals surface area contributed by atoms with E-state index < -0.39 is 0 Å². The number of halogens is 2. The fourth-order valence-corrected chi connectivity index (χ4v) is 3.20. The minimum atomic E-state index is 0. The minimum absolute atomic E-state index is 0. The number of rotatable bonds is 6. The number of amides is 1. The molecule has 6 nitrogen and oxygen atoms in total. The highest BCUT2D eigenvalue weighted by molar-refractivity contribution is 5.85. The first-order valence-electron chi connectivity index (χ1n) is 8.68. The number of nitrogens with zero attached hydrogens (tertiary/aromatic N) is 3. The highest BCUT2D eigenvalue weighted by Gasteiger charge is 2.16. The van der Waals surface area contributed by atoms with Gasteiger partial charge in [-0.3, -0.25) is 4.79 Å². The topological polar surface area (TPSA) is 71.8 Å². The number of carbonyl (C=O) groups is 1. The average molecular weight is 400 g/mol. The zero-order valence-electron chi connectivity index (χ0n) is 14.8. The molecule has 1 aliphatic heterocycles. The molecule has 0 saturated carbocycles. The van der Waals surface area contributed by atoms with E-state index in [9.17, 15) is 4.79 Å². The van der Waals surface area contributed by atoms with Crippen LogP contribution in [-0.4, -0.2) is 33.8 Å². The number of carbonyl (C=O) groups excluding carboxylic acids is 1. The second-order valence-corrected chi connectivity index (χ2v) is 6.39. The lowest BCUT2D eigenvalue weighted by atomic mass is 9.96. The maximum Gasteiger partial charge on any atom is 0.220 e. The van der Waals surface area contributed by atoms with Crippen LogP contribution in [0.3, 0.4) is 0 Å². The van der Waals surface area contributed by atoms with Gasteiger partial charge in [-0.2, -0.15) is 5.10 Å². The smallest absolute Gasteiger partial charge is 0.220 e. The Morgan fingerprint density at radius 3 is 2.77 bits per heavy atom. The molecule has 2 aromatic rings. The van der Waals surface area contributed by atoms with Gasteiger partial charge < -0.3 is 10.6 Å². The van der Waals surface area contributed by atoms with Crippen LogP contribution in [0.1, 0.15) is 36.8 Å². The molecule has 1 amide bonds. The lowest BCUT2D eigenvalue weighted by Crippen LogP contribution is -2.26. The van der Waals surface area contributed by atoms with E-state index in [2.05, 4.69) is 32.8 Å². The van der Waals surface area contributed by atoms with Gasteiger partial charge in [0.25, 0.3) is 0 Å². The lowest BCUT2D eigenvalue weighted by Gasteiger charge is -2.14. The molecular weight excluding hydrogens is 373 g/mol. The average Bonchev–Trinajstić information content (AvgIpc) is 2.97. The SMILES string of the molecule is Cl.Cl.O=C(CC1CCCNCC1)NCc1ccccc1Cn1cncn1. The summed E-state index contributed by atoms with van der Waals surface area (Å²) in [5.41, 5.74) is 2.28. The highest BCUT2D eigenvalue weighted by atomic mass is 35.5. The van der Waals surface area contributed by atoms with Crippen LogP contribution in [0.25, 0.3) is 0 Å². The minimum Gasteiger partial charge on any atom is -0.352 e. The number of hydrogen-bond acceptors (Lipinski definition) is 4. The van der Waals surface area contributed by atoms with E-state index in [1.54, 1.807) is 11.0 Å². The van der Waals surface area contributed by atoms with E-state index in [-0.39, 0.29) is 30.7 Å². The van der Waals surface area contributed by atoms with Gasteiger partial charge in [0.1, 0.15) is 12.7 Å². The first kappa shape index (κ1) is 22.4. The number of aromatic nitrogens is 3. The summed E-state index contributed by atoms with van der Waals surface area (Å²) in [5.74, 6) is 0.655. The maximum atomic E-state index is 12.3. The molecular formula is C18H27Cl2N5O. The Morgan fingerprint density at radius 1 is 1.19 bits per heavy atom. The molecule has 1 aromatic heterocycles. The van der Waals surface area contributed by atoms with Crippen LogP contribution in [0.2, 0.25) is 0 Å². The molecule has 144 valence electrons. The molecule has 0 radical (unpaired) electrons. The van der Waals surface area contributed by atoms with Crippen molar-refractivity contribution in [3.63, 3.8) is 0 Å². The van der Waals surface area contributed by atoms with Crippen LogP contribution in [0, 0.1) is 5.92 Å². The number of hydrogen-bond donors (Lipinski definition) is 2. The second kappa shape index (κ2) is 11.9. The standard InChI is InChI=1S/C18H25N5O.2ClH/c24-18(10-15-4-3-8-19-9-7-15)21-11-16-5-1-2-6-17(16)12-23-14-20-13-22-23;;/h1-2,5-6,13-15,19H,3-4,7-12H2,(H,21,24);2*1H. The number of benzene rings is 1. The molecule has 1 saturated heterocycles. The molecule has 2 N–H and O–H groups in total. The summed E-state index contributed by atoms with van der Waals surface area (Å²) in [4.78, 5) is 16.2. The van der Waals surface area contributed by atoms with Gasteiger partial charge >= 0.3 is 0 Å². The second-order valence-electron chi connectivity index (χ2n) is 6.39. The van der Waals surface area contributed by atoms with E-state index in [0.717, 1.165) is 37.1 Å². The summed E-state index contributed by atoms with van der Waals surface area (Å²) < 4.78 is 1.79. The maximum absolute atomic E-state index is 12.3. The van der Waals surface area contributed by atoms with Gasteiger partial charge in [0.15, 0.2) is 0 Å². The Kier molecular flexibility index (Phi) is 10.2. The quantitative estimate of drug-likeness (QED) is 0.782. The molecule has 1 aromatic carbocycles. The van der Waals surface area contributed by atoms with Crippen molar-refractivity contribution in [1.29, 1.82) is 0 Å².